The van der Waals surface area contributed by atoms with Crippen LogP contribution in [0.2, 0.25) is 0 Å². The summed E-state index contributed by atoms with van der Waals surface area (Å²) in [6.45, 7) is 6.19. The molecule has 3 saturated carbocycles. The van der Waals surface area contributed by atoms with Gasteiger partial charge >= 0.3 is 5.97 Å². The molecule has 0 aliphatic heterocycles. The Morgan fingerprint density at radius 2 is 1.83 bits per heavy atom. The van der Waals surface area contributed by atoms with Crippen LogP contribution in [0, 0.1) is 28.6 Å². The molecular weight excluding hydrogens is 300 g/mol. The molecule has 0 saturated heterocycles. The molecule has 3 heteroatoms. The number of rotatable bonds is 1. The number of hydrogen-bond donors (Lipinski definition) is 0. The average molecular weight is 330 g/mol. The lowest BCUT2D eigenvalue weighted by Gasteiger charge is -2.56. The van der Waals surface area contributed by atoms with Gasteiger partial charge in [-0.2, -0.15) is 0 Å². The second-order valence-electron chi connectivity index (χ2n) is 9.15. The van der Waals surface area contributed by atoms with E-state index >= 15 is 0 Å². The van der Waals surface area contributed by atoms with Crippen LogP contribution in [0.15, 0.2) is 11.6 Å². The molecule has 0 spiro atoms. The van der Waals surface area contributed by atoms with Gasteiger partial charge in [-0.3, -0.25) is 9.59 Å². The van der Waals surface area contributed by atoms with Crippen LogP contribution in [0.1, 0.15) is 72.1 Å². The number of Topliss-reactive ketones (excluding diaryl/α,β-unsaturated/α-hetero) is 1. The van der Waals surface area contributed by atoms with Gasteiger partial charge in [0.05, 0.1) is 0 Å². The van der Waals surface area contributed by atoms with E-state index in [0.29, 0.717) is 23.5 Å². The second-order valence-corrected chi connectivity index (χ2v) is 9.15. The van der Waals surface area contributed by atoms with Gasteiger partial charge in [-0.05, 0) is 61.7 Å². The van der Waals surface area contributed by atoms with Crippen molar-refractivity contribution < 1.29 is 14.3 Å². The number of ketones is 1. The summed E-state index contributed by atoms with van der Waals surface area (Å²) >= 11 is 0. The maximum absolute atomic E-state index is 12.4. The summed E-state index contributed by atoms with van der Waals surface area (Å²) in [6, 6.07) is 0. The molecule has 3 fully saturated rings. The van der Waals surface area contributed by atoms with Crippen LogP contribution in [-0.2, 0) is 14.3 Å². The Morgan fingerprint density at radius 1 is 1.12 bits per heavy atom. The molecule has 0 amide bonds. The molecule has 0 bridgehead atoms. The Balaban J connectivity index is 1.60. The Labute approximate surface area is 145 Å². The lowest BCUT2D eigenvalue weighted by molar-refractivity contribution is -0.148. The summed E-state index contributed by atoms with van der Waals surface area (Å²) in [5.41, 5.74) is 1.74. The minimum atomic E-state index is -0.157. The highest BCUT2D eigenvalue weighted by Gasteiger charge is 2.58. The van der Waals surface area contributed by atoms with Crippen molar-refractivity contribution >= 4 is 11.8 Å². The van der Waals surface area contributed by atoms with Crippen molar-refractivity contribution in [3.63, 3.8) is 0 Å². The topological polar surface area (TPSA) is 43.4 Å². The van der Waals surface area contributed by atoms with Gasteiger partial charge in [-0.1, -0.05) is 25.5 Å². The Kier molecular flexibility index (Phi) is 3.71. The van der Waals surface area contributed by atoms with Gasteiger partial charge in [0, 0.05) is 25.2 Å². The standard InChI is InChI=1S/C21H30O3/c1-13(22)24-15-8-10-20(2)14(12-15)4-5-16-17-6-7-19(23)21(17,3)11-9-18(16)20/h4,15-18H,5-12H2,1-3H3/t15?,16-,17-,18-,20-,21-/m0/s1. The van der Waals surface area contributed by atoms with E-state index in [-0.39, 0.29) is 22.9 Å². The van der Waals surface area contributed by atoms with Crippen molar-refractivity contribution in [1.29, 1.82) is 0 Å². The van der Waals surface area contributed by atoms with Crippen LogP contribution in [0.4, 0.5) is 0 Å². The van der Waals surface area contributed by atoms with E-state index in [2.05, 4.69) is 19.9 Å². The summed E-state index contributed by atoms with van der Waals surface area (Å²) in [6.07, 6.45) is 10.8. The van der Waals surface area contributed by atoms with E-state index in [1.807, 2.05) is 0 Å². The lowest BCUT2D eigenvalue weighted by atomic mass is 9.48. The summed E-state index contributed by atoms with van der Waals surface area (Å²) < 4.78 is 5.50. The normalized spacial score (nSPS) is 47.3. The number of allylic oxidation sites excluding steroid dienone is 1. The fourth-order valence-corrected chi connectivity index (χ4v) is 6.73. The summed E-state index contributed by atoms with van der Waals surface area (Å²) in [7, 11) is 0. The number of ether oxygens (including phenoxy) is 1. The van der Waals surface area contributed by atoms with Crippen LogP contribution in [0.5, 0.6) is 0 Å². The molecule has 6 atom stereocenters. The number of carbonyl (C=O) groups is 2. The third kappa shape index (κ3) is 2.23. The van der Waals surface area contributed by atoms with Gasteiger partial charge in [0.1, 0.15) is 11.9 Å². The Morgan fingerprint density at radius 3 is 2.58 bits per heavy atom. The van der Waals surface area contributed by atoms with Gasteiger partial charge < -0.3 is 4.74 Å². The molecule has 0 aromatic heterocycles. The number of carbonyl (C=O) groups excluding carboxylic acids is 2. The lowest BCUT2D eigenvalue weighted by Crippen LogP contribution is -2.50. The number of esters is 1. The molecule has 1 unspecified atom stereocenters. The Bertz CT molecular complexity index is 606. The molecule has 132 valence electrons. The van der Waals surface area contributed by atoms with E-state index in [0.717, 1.165) is 44.9 Å². The van der Waals surface area contributed by atoms with E-state index in [9.17, 15) is 9.59 Å². The van der Waals surface area contributed by atoms with Crippen molar-refractivity contribution in [1.82, 2.24) is 0 Å². The van der Waals surface area contributed by atoms with Crippen molar-refractivity contribution in [3.8, 4) is 0 Å². The third-order valence-electron chi connectivity index (χ3n) is 8.10. The quantitative estimate of drug-likeness (QED) is 0.527. The van der Waals surface area contributed by atoms with Crippen molar-refractivity contribution in [3.05, 3.63) is 11.6 Å². The van der Waals surface area contributed by atoms with Crippen molar-refractivity contribution in [2.24, 2.45) is 28.6 Å². The molecule has 0 radical (unpaired) electrons. The van der Waals surface area contributed by atoms with Crippen LogP contribution < -0.4 is 0 Å². The minimum Gasteiger partial charge on any atom is -0.462 e. The highest BCUT2D eigenvalue weighted by Crippen LogP contribution is 2.64. The number of hydrogen-bond acceptors (Lipinski definition) is 3. The molecular formula is C21H30O3. The van der Waals surface area contributed by atoms with E-state index in [4.69, 9.17) is 4.74 Å². The second kappa shape index (κ2) is 5.44. The molecule has 0 aromatic carbocycles. The third-order valence-corrected chi connectivity index (χ3v) is 8.10. The SMILES string of the molecule is CC(=O)OC1CC[C@@]2(C)C(=CC[C@@H]3[C@@H]2CC[C@]2(C)C(=O)CC[C@@H]32)C1. The first kappa shape index (κ1) is 16.4. The van der Waals surface area contributed by atoms with Crippen molar-refractivity contribution in [2.45, 2.75) is 78.2 Å². The van der Waals surface area contributed by atoms with Crippen molar-refractivity contribution in [2.75, 3.05) is 0 Å². The summed E-state index contributed by atoms with van der Waals surface area (Å²) in [5, 5.41) is 0. The minimum absolute atomic E-state index is 0.0438. The molecule has 0 aromatic rings. The molecule has 0 N–H and O–H groups in total. The molecule has 4 aliphatic carbocycles. The first-order valence-corrected chi connectivity index (χ1v) is 9.74. The molecule has 4 rings (SSSR count). The van der Waals surface area contributed by atoms with E-state index in [1.54, 1.807) is 0 Å². The highest BCUT2D eigenvalue weighted by atomic mass is 16.5. The van der Waals surface area contributed by atoms with Crippen LogP contribution in [-0.4, -0.2) is 17.9 Å². The molecule has 4 aliphatic rings. The zero-order chi connectivity index (χ0) is 17.1. The van der Waals surface area contributed by atoms with E-state index in [1.165, 1.54) is 18.9 Å². The average Bonchev–Trinajstić information content (AvgIpc) is 2.83. The smallest absolute Gasteiger partial charge is 0.302 e. The molecule has 0 heterocycles. The van der Waals surface area contributed by atoms with Crippen LogP contribution in [0.3, 0.4) is 0 Å². The first-order chi connectivity index (χ1) is 11.3. The zero-order valence-corrected chi connectivity index (χ0v) is 15.3. The maximum Gasteiger partial charge on any atom is 0.302 e. The van der Waals surface area contributed by atoms with Gasteiger partial charge in [0.2, 0.25) is 0 Å². The van der Waals surface area contributed by atoms with Gasteiger partial charge in [0.25, 0.3) is 0 Å². The van der Waals surface area contributed by atoms with Crippen LogP contribution >= 0.6 is 0 Å². The summed E-state index contributed by atoms with van der Waals surface area (Å²) in [4.78, 5) is 23.7. The monoisotopic (exact) mass is 330 g/mol. The maximum atomic E-state index is 12.4. The van der Waals surface area contributed by atoms with Crippen LogP contribution in [0.25, 0.3) is 0 Å². The van der Waals surface area contributed by atoms with Gasteiger partial charge in [-0.15, -0.1) is 0 Å². The largest absolute Gasteiger partial charge is 0.462 e. The molecule has 3 nitrogen and oxygen atoms in total. The first-order valence-electron chi connectivity index (χ1n) is 9.74. The fraction of sp³-hybridized carbons (Fsp3) is 0.810. The molecule has 24 heavy (non-hydrogen) atoms. The Hall–Kier alpha value is -1.12. The van der Waals surface area contributed by atoms with Gasteiger partial charge in [-0.25, -0.2) is 0 Å². The predicted octanol–water partition coefficient (Wildman–Crippen LogP) is 4.45. The fourth-order valence-electron chi connectivity index (χ4n) is 6.73. The number of fused-ring (bicyclic) bond motifs is 5. The summed E-state index contributed by atoms with van der Waals surface area (Å²) in [5.74, 6) is 2.33. The highest BCUT2D eigenvalue weighted by molar-refractivity contribution is 5.87. The predicted molar refractivity (Wildman–Crippen MR) is 92.3 cm³/mol. The van der Waals surface area contributed by atoms with E-state index < -0.39 is 0 Å². The zero-order valence-electron chi connectivity index (χ0n) is 15.3. The van der Waals surface area contributed by atoms with Gasteiger partial charge in [0.15, 0.2) is 0 Å².